The molecule has 0 fully saturated rings. The molecule has 0 saturated carbocycles. The Labute approximate surface area is 221 Å². The quantitative estimate of drug-likeness (QED) is 0.446. The van der Waals surface area contributed by atoms with Gasteiger partial charge in [-0.3, -0.25) is 19.5 Å². The largest absolute Gasteiger partial charge is 0.339 e. The summed E-state index contributed by atoms with van der Waals surface area (Å²) in [7, 11) is 1.78. The molecule has 4 aromatic rings. The molecule has 0 radical (unpaired) electrons. The van der Waals surface area contributed by atoms with Gasteiger partial charge in [0.25, 0.3) is 5.91 Å². The first-order chi connectivity index (χ1) is 18.5. The van der Waals surface area contributed by atoms with Crippen LogP contribution < -0.4 is 10.2 Å². The van der Waals surface area contributed by atoms with Gasteiger partial charge in [0, 0.05) is 32.0 Å². The van der Waals surface area contributed by atoms with E-state index in [1.54, 1.807) is 30.5 Å². The number of aryl methyl sites for hydroxylation is 1. The van der Waals surface area contributed by atoms with Crippen LogP contribution in [0.25, 0.3) is 11.1 Å². The fraction of sp³-hybridized carbons (Fsp3) is 0.276. The molecule has 1 atom stereocenters. The van der Waals surface area contributed by atoms with E-state index >= 15 is 0 Å². The number of rotatable bonds is 5. The Balaban J connectivity index is 1.15. The second-order valence-electron chi connectivity index (χ2n) is 9.83. The molecule has 0 aliphatic carbocycles. The minimum absolute atomic E-state index is 0.125. The predicted molar refractivity (Wildman–Crippen MR) is 143 cm³/mol. The second kappa shape index (κ2) is 10.2. The Kier molecular flexibility index (Phi) is 6.43. The lowest BCUT2D eigenvalue weighted by atomic mass is 10.0. The molecule has 6 rings (SSSR count). The molecule has 2 aliphatic heterocycles. The molecule has 9 nitrogen and oxygen atoms in total. The molecule has 2 amide bonds. The molecule has 0 spiro atoms. The molecule has 0 saturated heterocycles. The molecule has 0 unspecified atom stereocenters. The minimum atomic E-state index is -0.626. The lowest BCUT2D eigenvalue weighted by Crippen LogP contribution is -2.47. The molecule has 2 aromatic carbocycles. The fourth-order valence-corrected chi connectivity index (χ4v) is 5.24. The summed E-state index contributed by atoms with van der Waals surface area (Å²) in [4.78, 5) is 39.2. The smallest absolute Gasteiger partial charge is 0.270 e. The first-order valence-electron chi connectivity index (χ1n) is 12.9. The van der Waals surface area contributed by atoms with Gasteiger partial charge in [-0.1, -0.05) is 42.5 Å². The van der Waals surface area contributed by atoms with Gasteiger partial charge in [-0.15, -0.1) is 0 Å². The zero-order valence-corrected chi connectivity index (χ0v) is 21.2. The summed E-state index contributed by atoms with van der Waals surface area (Å²) < 4.78 is 1.95. The van der Waals surface area contributed by atoms with E-state index in [0.29, 0.717) is 18.5 Å². The van der Waals surface area contributed by atoms with Crippen molar-refractivity contribution in [1.29, 1.82) is 0 Å². The van der Waals surface area contributed by atoms with Crippen LogP contribution in [0.2, 0.25) is 0 Å². The normalized spacial score (nSPS) is 17.4. The average molecular weight is 508 g/mol. The van der Waals surface area contributed by atoms with E-state index in [-0.39, 0.29) is 11.8 Å². The highest BCUT2D eigenvalue weighted by Crippen LogP contribution is 2.28. The van der Waals surface area contributed by atoms with E-state index in [0.717, 1.165) is 59.9 Å². The van der Waals surface area contributed by atoms with E-state index in [9.17, 15) is 9.59 Å². The number of aromatic nitrogens is 4. The van der Waals surface area contributed by atoms with Crippen LogP contribution in [-0.2, 0) is 30.8 Å². The molecule has 1 N–H and O–H groups in total. The molecule has 38 heavy (non-hydrogen) atoms. The number of nitrogens with zero attached hydrogens (tertiary/aromatic N) is 6. The van der Waals surface area contributed by atoms with Crippen molar-refractivity contribution < 1.29 is 9.59 Å². The van der Waals surface area contributed by atoms with Gasteiger partial charge in [0.15, 0.2) is 0 Å². The Morgan fingerprint density at radius 1 is 1.03 bits per heavy atom. The monoisotopic (exact) mass is 507 g/mol. The number of carbonyl (C=O) groups is 2. The number of benzene rings is 2. The van der Waals surface area contributed by atoms with E-state index in [4.69, 9.17) is 0 Å². The van der Waals surface area contributed by atoms with Gasteiger partial charge in [0.2, 0.25) is 5.91 Å². The van der Waals surface area contributed by atoms with Crippen LogP contribution in [0.15, 0.2) is 73.2 Å². The van der Waals surface area contributed by atoms with E-state index in [2.05, 4.69) is 43.5 Å². The van der Waals surface area contributed by atoms with Gasteiger partial charge in [-0.05, 0) is 53.3 Å². The lowest BCUT2D eigenvalue weighted by molar-refractivity contribution is -0.120. The average Bonchev–Trinajstić information content (AvgIpc) is 3.39. The summed E-state index contributed by atoms with van der Waals surface area (Å²) in [6.45, 7) is 3.24. The van der Waals surface area contributed by atoms with Gasteiger partial charge in [-0.25, -0.2) is 9.67 Å². The second-order valence-corrected chi connectivity index (χ2v) is 9.83. The lowest BCUT2D eigenvalue weighted by Gasteiger charge is -2.27. The summed E-state index contributed by atoms with van der Waals surface area (Å²) in [5.41, 5.74) is 5.34. The van der Waals surface area contributed by atoms with Crippen molar-refractivity contribution in [1.82, 2.24) is 30.0 Å². The van der Waals surface area contributed by atoms with Gasteiger partial charge >= 0.3 is 0 Å². The fourth-order valence-electron chi connectivity index (χ4n) is 5.24. The summed E-state index contributed by atoms with van der Waals surface area (Å²) in [5, 5.41) is 7.19. The summed E-state index contributed by atoms with van der Waals surface area (Å²) in [6.07, 6.45) is 4.46. The highest BCUT2D eigenvalue weighted by molar-refractivity contribution is 6.02. The van der Waals surface area contributed by atoms with Crippen LogP contribution in [0.3, 0.4) is 0 Å². The summed E-state index contributed by atoms with van der Waals surface area (Å²) in [5.74, 6) is 0.499. The zero-order valence-electron chi connectivity index (χ0n) is 21.2. The van der Waals surface area contributed by atoms with Crippen molar-refractivity contribution in [2.75, 3.05) is 18.5 Å². The number of amides is 2. The maximum atomic E-state index is 13.4. The number of pyridine rings is 1. The number of fused-ring (bicyclic) bond motifs is 2. The van der Waals surface area contributed by atoms with E-state index < -0.39 is 6.04 Å². The van der Waals surface area contributed by atoms with Crippen LogP contribution in [0.5, 0.6) is 0 Å². The highest BCUT2D eigenvalue weighted by Gasteiger charge is 2.30. The number of anilines is 1. The minimum Gasteiger partial charge on any atom is -0.339 e. The maximum Gasteiger partial charge on any atom is 0.270 e. The molecule has 2 aromatic heterocycles. The number of carbonyl (C=O) groups excluding carboxylic acids is 2. The van der Waals surface area contributed by atoms with E-state index in [1.165, 1.54) is 0 Å². The van der Waals surface area contributed by atoms with Crippen LogP contribution in [0.4, 0.5) is 5.69 Å². The van der Waals surface area contributed by atoms with Crippen LogP contribution in [0, 0.1) is 0 Å². The Morgan fingerprint density at radius 3 is 2.76 bits per heavy atom. The van der Waals surface area contributed by atoms with Crippen LogP contribution >= 0.6 is 0 Å². The summed E-state index contributed by atoms with van der Waals surface area (Å²) >= 11 is 0. The standard InChI is InChI=1S/C29H29N7O2/c1-34-26-15-20(17-35-13-14-36-27(18-35)31-19-32-36)7-8-22(26)9-10-24(29(34)38)33-28(37)25-16-23(11-12-30-25)21-5-3-2-4-6-21/h2-8,11-12,15-16,19,24H,9-10,13-14,17-18H2,1H3,(H,33,37)/t24-/m1/s1. The third kappa shape index (κ3) is 4.80. The van der Waals surface area contributed by atoms with Crippen molar-refractivity contribution in [3.63, 3.8) is 0 Å². The van der Waals surface area contributed by atoms with E-state index in [1.807, 2.05) is 41.1 Å². The Hall–Kier alpha value is -4.37. The Bertz CT molecular complexity index is 1480. The first-order valence-corrected chi connectivity index (χ1v) is 12.9. The maximum absolute atomic E-state index is 13.4. The van der Waals surface area contributed by atoms with Crippen LogP contribution in [-0.4, -0.2) is 56.1 Å². The molecule has 192 valence electrons. The number of likely N-dealkylation sites (N-methyl/N-ethyl adjacent to an activating group) is 1. The molecule has 9 heteroatoms. The van der Waals surface area contributed by atoms with Gasteiger partial charge in [-0.2, -0.15) is 5.10 Å². The van der Waals surface area contributed by atoms with Crippen molar-refractivity contribution in [3.05, 3.63) is 95.8 Å². The third-order valence-electron chi connectivity index (χ3n) is 7.34. The topological polar surface area (TPSA) is 96.2 Å². The molecular weight excluding hydrogens is 478 g/mol. The number of hydrogen-bond acceptors (Lipinski definition) is 6. The van der Waals surface area contributed by atoms with Gasteiger partial charge < -0.3 is 10.2 Å². The van der Waals surface area contributed by atoms with Crippen LogP contribution in [0.1, 0.15) is 33.9 Å². The molecule has 0 bridgehead atoms. The first kappa shape index (κ1) is 24.0. The van der Waals surface area contributed by atoms with Crippen molar-refractivity contribution in [2.45, 2.75) is 38.5 Å². The van der Waals surface area contributed by atoms with Crippen molar-refractivity contribution >= 4 is 17.5 Å². The highest BCUT2D eigenvalue weighted by atomic mass is 16.2. The molecular formula is C29H29N7O2. The summed E-state index contributed by atoms with van der Waals surface area (Å²) in [6, 6.07) is 19.2. The number of nitrogens with one attached hydrogen (secondary N) is 1. The Morgan fingerprint density at radius 2 is 1.89 bits per heavy atom. The van der Waals surface area contributed by atoms with Crippen molar-refractivity contribution in [3.8, 4) is 11.1 Å². The predicted octanol–water partition coefficient (Wildman–Crippen LogP) is 3.06. The third-order valence-corrected chi connectivity index (χ3v) is 7.34. The molecule has 4 heterocycles. The molecule has 2 aliphatic rings. The van der Waals surface area contributed by atoms with Crippen molar-refractivity contribution in [2.24, 2.45) is 0 Å². The number of hydrogen-bond donors (Lipinski definition) is 1. The van der Waals surface area contributed by atoms with Gasteiger partial charge in [0.1, 0.15) is 23.9 Å². The van der Waals surface area contributed by atoms with Gasteiger partial charge in [0.05, 0.1) is 13.1 Å². The SMILES string of the molecule is CN1C(=O)[C@H](NC(=O)c2cc(-c3ccccc3)ccn2)CCc2ccc(CN3CCn4ncnc4C3)cc21. The zero-order chi connectivity index (χ0) is 26.1.